The number of anilines is 1. The molecule has 2 unspecified atom stereocenters. The van der Waals surface area contributed by atoms with Gasteiger partial charge in [0.25, 0.3) is 0 Å². The van der Waals surface area contributed by atoms with Gasteiger partial charge >= 0.3 is 0 Å². The van der Waals surface area contributed by atoms with E-state index in [-0.39, 0.29) is 4.90 Å². The minimum absolute atomic E-state index is 0.184. The van der Waals surface area contributed by atoms with E-state index in [9.17, 15) is 8.42 Å². The average molecular weight is 282 g/mol. The third-order valence-electron chi connectivity index (χ3n) is 4.17. The predicted molar refractivity (Wildman–Crippen MR) is 77.7 cm³/mol. The second-order valence-electron chi connectivity index (χ2n) is 5.62. The van der Waals surface area contributed by atoms with Crippen molar-refractivity contribution < 1.29 is 8.42 Å². The first-order valence-electron chi connectivity index (χ1n) is 6.69. The van der Waals surface area contributed by atoms with Crippen LogP contribution < -0.4 is 10.5 Å². The minimum Gasteiger partial charge on any atom is -0.382 e. The summed E-state index contributed by atoms with van der Waals surface area (Å²) < 4.78 is 23.0. The molecule has 0 amide bonds. The van der Waals surface area contributed by atoms with Crippen LogP contribution in [-0.4, -0.2) is 14.5 Å². The zero-order chi connectivity index (χ0) is 14.2. The fraction of sp³-hybridized carbons (Fsp3) is 0.571. The van der Waals surface area contributed by atoms with Crippen molar-refractivity contribution in [1.82, 2.24) is 0 Å². The summed E-state index contributed by atoms with van der Waals surface area (Å²) in [5.74, 6) is 0.623. The molecule has 0 heterocycles. The van der Waals surface area contributed by atoms with Crippen LogP contribution in [0.15, 0.2) is 17.0 Å². The quantitative estimate of drug-likeness (QED) is 0.895. The molecule has 0 aromatic heterocycles. The summed E-state index contributed by atoms with van der Waals surface area (Å²) in [7, 11) is -3.65. The summed E-state index contributed by atoms with van der Waals surface area (Å²) in [4.78, 5) is 0.184. The fourth-order valence-corrected chi connectivity index (χ4v) is 3.32. The number of nitrogens with two attached hydrogens (primary N) is 1. The Balaban J connectivity index is 2.36. The van der Waals surface area contributed by atoms with Crippen LogP contribution in [-0.2, 0) is 10.0 Å². The largest absolute Gasteiger partial charge is 0.382 e. The van der Waals surface area contributed by atoms with Gasteiger partial charge in [-0.15, -0.1) is 0 Å². The second-order valence-corrected chi connectivity index (χ2v) is 7.18. The number of aryl methyl sites for hydroxylation is 1. The average Bonchev–Trinajstić information content (AvgIpc) is 2.69. The molecule has 0 spiro atoms. The summed E-state index contributed by atoms with van der Waals surface area (Å²) >= 11 is 0. The molecule has 1 aromatic rings. The van der Waals surface area contributed by atoms with Gasteiger partial charge in [-0.3, -0.25) is 0 Å². The Morgan fingerprint density at radius 3 is 2.47 bits per heavy atom. The summed E-state index contributed by atoms with van der Waals surface area (Å²) in [6.45, 7) is 6.15. The van der Waals surface area contributed by atoms with Crippen molar-refractivity contribution in [2.75, 3.05) is 5.32 Å². The molecule has 1 saturated carbocycles. The molecule has 1 fully saturated rings. The monoisotopic (exact) mass is 282 g/mol. The Kier molecular flexibility index (Phi) is 3.87. The van der Waals surface area contributed by atoms with Crippen LogP contribution in [0.1, 0.15) is 37.3 Å². The molecule has 1 aromatic carbocycles. The number of sulfonamides is 1. The number of rotatable bonds is 3. The van der Waals surface area contributed by atoms with Crippen molar-refractivity contribution in [2.45, 2.75) is 51.0 Å². The van der Waals surface area contributed by atoms with Crippen molar-refractivity contribution in [3.63, 3.8) is 0 Å². The Bertz CT molecular complexity index is 581. The Labute approximate surface area is 115 Å². The van der Waals surface area contributed by atoms with E-state index in [0.29, 0.717) is 12.0 Å². The van der Waals surface area contributed by atoms with E-state index in [1.54, 1.807) is 12.1 Å². The molecular formula is C14H22N2O2S. The number of hydrogen-bond donors (Lipinski definition) is 2. The molecule has 0 radical (unpaired) electrons. The first kappa shape index (κ1) is 14.3. The molecule has 0 saturated heterocycles. The number of primary sulfonamides is 1. The normalized spacial score (nSPS) is 23.6. The lowest BCUT2D eigenvalue weighted by atomic mass is 10.0. The maximum absolute atomic E-state index is 11.5. The fourth-order valence-electron chi connectivity index (χ4n) is 2.70. The van der Waals surface area contributed by atoms with Gasteiger partial charge in [-0.2, -0.15) is 0 Å². The third-order valence-corrected chi connectivity index (χ3v) is 5.06. The summed E-state index contributed by atoms with van der Waals surface area (Å²) in [6.07, 6.45) is 3.59. The van der Waals surface area contributed by atoms with E-state index >= 15 is 0 Å². The van der Waals surface area contributed by atoms with E-state index in [2.05, 4.69) is 12.2 Å². The molecule has 19 heavy (non-hydrogen) atoms. The van der Waals surface area contributed by atoms with Crippen LogP contribution in [0.4, 0.5) is 5.69 Å². The molecular weight excluding hydrogens is 260 g/mol. The summed E-state index contributed by atoms with van der Waals surface area (Å²) in [5, 5.41) is 8.72. The van der Waals surface area contributed by atoms with Gasteiger partial charge in [0.15, 0.2) is 0 Å². The Morgan fingerprint density at radius 1 is 1.26 bits per heavy atom. The zero-order valence-electron chi connectivity index (χ0n) is 11.7. The topological polar surface area (TPSA) is 72.2 Å². The molecule has 0 aliphatic heterocycles. The molecule has 4 nitrogen and oxygen atoms in total. The van der Waals surface area contributed by atoms with E-state index in [1.165, 1.54) is 12.8 Å². The molecule has 3 N–H and O–H groups in total. The molecule has 106 valence electrons. The van der Waals surface area contributed by atoms with Gasteiger partial charge in [0.1, 0.15) is 0 Å². The minimum atomic E-state index is -3.65. The van der Waals surface area contributed by atoms with E-state index in [0.717, 1.165) is 23.2 Å². The van der Waals surface area contributed by atoms with Crippen molar-refractivity contribution in [3.05, 3.63) is 23.3 Å². The lowest BCUT2D eigenvalue weighted by Gasteiger charge is -2.21. The predicted octanol–water partition coefficient (Wildman–Crippen LogP) is 2.55. The highest BCUT2D eigenvalue weighted by atomic mass is 32.2. The zero-order valence-corrected chi connectivity index (χ0v) is 12.5. The van der Waals surface area contributed by atoms with Crippen LogP contribution in [0.2, 0.25) is 0 Å². The SMILES string of the molecule is Cc1cc(S(N)(=O)=O)cc(NC2CCCC2C)c1C. The summed E-state index contributed by atoms with van der Waals surface area (Å²) in [5.41, 5.74) is 2.92. The van der Waals surface area contributed by atoms with Crippen molar-refractivity contribution in [2.24, 2.45) is 11.1 Å². The highest BCUT2D eigenvalue weighted by molar-refractivity contribution is 7.89. The van der Waals surface area contributed by atoms with E-state index in [1.807, 2.05) is 13.8 Å². The summed E-state index contributed by atoms with van der Waals surface area (Å²) in [6, 6.07) is 3.71. The maximum atomic E-state index is 11.5. The van der Waals surface area contributed by atoms with Gasteiger partial charge in [0.2, 0.25) is 10.0 Å². The molecule has 2 rings (SSSR count). The number of nitrogens with one attached hydrogen (secondary N) is 1. The second kappa shape index (κ2) is 5.13. The van der Waals surface area contributed by atoms with Crippen molar-refractivity contribution in [3.8, 4) is 0 Å². The molecule has 5 heteroatoms. The number of benzene rings is 1. The van der Waals surface area contributed by atoms with Crippen molar-refractivity contribution >= 4 is 15.7 Å². The van der Waals surface area contributed by atoms with E-state index in [4.69, 9.17) is 5.14 Å². The van der Waals surface area contributed by atoms with Crippen molar-refractivity contribution in [1.29, 1.82) is 0 Å². The third kappa shape index (κ3) is 3.09. The maximum Gasteiger partial charge on any atom is 0.238 e. The van der Waals surface area contributed by atoms with Crippen LogP contribution >= 0.6 is 0 Å². The number of hydrogen-bond acceptors (Lipinski definition) is 3. The van der Waals surface area contributed by atoms with E-state index < -0.39 is 10.0 Å². The smallest absolute Gasteiger partial charge is 0.238 e. The Hall–Kier alpha value is -1.07. The van der Waals surface area contributed by atoms with Gasteiger partial charge in [0.05, 0.1) is 4.90 Å². The first-order chi connectivity index (χ1) is 8.79. The molecule has 0 bridgehead atoms. The van der Waals surface area contributed by atoms with Crippen LogP contribution in [0, 0.1) is 19.8 Å². The lowest BCUT2D eigenvalue weighted by molar-refractivity contribution is 0.556. The van der Waals surface area contributed by atoms with Crippen LogP contribution in [0.3, 0.4) is 0 Å². The van der Waals surface area contributed by atoms with Gasteiger partial charge < -0.3 is 5.32 Å². The van der Waals surface area contributed by atoms with Gasteiger partial charge in [-0.1, -0.05) is 13.3 Å². The lowest BCUT2D eigenvalue weighted by Crippen LogP contribution is -2.23. The standard InChI is InChI=1S/C14H22N2O2S/c1-9-5-4-6-13(9)16-14-8-12(19(15,17)18)7-10(2)11(14)3/h7-9,13,16H,4-6H2,1-3H3,(H2,15,17,18). The first-order valence-corrected chi connectivity index (χ1v) is 8.24. The molecule has 1 aliphatic rings. The molecule has 1 aliphatic carbocycles. The van der Waals surface area contributed by atoms with Gasteiger partial charge in [-0.05, 0) is 55.9 Å². The van der Waals surface area contributed by atoms with Gasteiger partial charge in [-0.25, -0.2) is 13.6 Å². The van der Waals surface area contributed by atoms with Gasteiger partial charge in [0, 0.05) is 11.7 Å². The van der Waals surface area contributed by atoms with Crippen LogP contribution in [0.25, 0.3) is 0 Å². The highest BCUT2D eigenvalue weighted by Gasteiger charge is 2.24. The highest BCUT2D eigenvalue weighted by Crippen LogP contribution is 2.31. The van der Waals surface area contributed by atoms with Crippen LogP contribution in [0.5, 0.6) is 0 Å². The molecule has 2 atom stereocenters. The Morgan fingerprint density at radius 2 is 1.95 bits per heavy atom.